The Bertz CT molecular complexity index is 737. The lowest BCUT2D eigenvalue weighted by molar-refractivity contribution is -0.0228. The van der Waals surface area contributed by atoms with Gasteiger partial charge in [-0.2, -0.15) is 0 Å². The molecule has 0 N–H and O–H groups in total. The topological polar surface area (TPSA) is 57.2 Å². The highest BCUT2D eigenvalue weighted by atomic mass is 16.5. The smallest absolute Gasteiger partial charge is 0.254 e. The highest BCUT2D eigenvalue weighted by molar-refractivity contribution is 5.95. The van der Waals surface area contributed by atoms with Crippen molar-refractivity contribution >= 4 is 5.91 Å². The number of benzene rings is 2. The van der Waals surface area contributed by atoms with Crippen molar-refractivity contribution in [3.05, 3.63) is 53.6 Å². The van der Waals surface area contributed by atoms with E-state index in [1.54, 1.807) is 17.0 Å². The van der Waals surface area contributed by atoms with Gasteiger partial charge in [0.1, 0.15) is 6.10 Å². The highest BCUT2D eigenvalue weighted by Crippen LogP contribution is 2.38. The number of amides is 1. The van der Waals surface area contributed by atoms with Crippen LogP contribution in [0.25, 0.3) is 0 Å². The molecule has 2 aromatic rings. The van der Waals surface area contributed by atoms with E-state index in [1.807, 2.05) is 30.3 Å². The van der Waals surface area contributed by atoms with Gasteiger partial charge in [-0.05, 0) is 17.7 Å². The van der Waals surface area contributed by atoms with E-state index in [-0.39, 0.29) is 12.0 Å². The molecule has 1 saturated heterocycles. The average molecular weight is 357 g/mol. The summed E-state index contributed by atoms with van der Waals surface area (Å²) in [5.74, 6) is 1.30. The molecule has 0 aliphatic carbocycles. The molecule has 0 unspecified atom stereocenters. The van der Waals surface area contributed by atoms with E-state index in [0.717, 1.165) is 5.56 Å². The molecule has 1 aliphatic heterocycles. The number of morpholine rings is 1. The van der Waals surface area contributed by atoms with Crippen LogP contribution in [0.2, 0.25) is 0 Å². The molecule has 1 heterocycles. The Balaban J connectivity index is 1.84. The average Bonchev–Trinajstić information content (AvgIpc) is 2.72. The third-order valence-electron chi connectivity index (χ3n) is 4.44. The van der Waals surface area contributed by atoms with Crippen LogP contribution in [0.1, 0.15) is 22.0 Å². The molecular formula is C20H23NO5. The summed E-state index contributed by atoms with van der Waals surface area (Å²) in [6.45, 7) is 1.54. The number of carbonyl (C=O) groups excluding carboxylic acids is 1. The van der Waals surface area contributed by atoms with Crippen LogP contribution in [-0.4, -0.2) is 51.8 Å². The molecule has 0 aromatic heterocycles. The molecule has 1 aliphatic rings. The molecule has 2 aromatic carbocycles. The second kappa shape index (κ2) is 8.10. The van der Waals surface area contributed by atoms with Crippen molar-refractivity contribution < 1.29 is 23.7 Å². The fourth-order valence-electron chi connectivity index (χ4n) is 3.09. The van der Waals surface area contributed by atoms with Gasteiger partial charge >= 0.3 is 0 Å². The summed E-state index contributed by atoms with van der Waals surface area (Å²) in [6, 6.07) is 13.3. The Hall–Kier alpha value is -2.73. The molecule has 1 fully saturated rings. The Morgan fingerprint density at radius 3 is 2.27 bits per heavy atom. The van der Waals surface area contributed by atoms with Crippen LogP contribution in [0.4, 0.5) is 0 Å². The summed E-state index contributed by atoms with van der Waals surface area (Å²) < 4.78 is 21.9. The van der Waals surface area contributed by atoms with E-state index in [9.17, 15) is 4.79 Å². The second-order valence-corrected chi connectivity index (χ2v) is 5.94. The van der Waals surface area contributed by atoms with E-state index in [2.05, 4.69) is 0 Å². The van der Waals surface area contributed by atoms with Gasteiger partial charge in [-0.15, -0.1) is 0 Å². The summed E-state index contributed by atoms with van der Waals surface area (Å²) in [5.41, 5.74) is 1.56. The van der Waals surface area contributed by atoms with E-state index >= 15 is 0 Å². The molecule has 3 rings (SSSR count). The van der Waals surface area contributed by atoms with Crippen LogP contribution < -0.4 is 14.2 Å². The van der Waals surface area contributed by atoms with Crippen molar-refractivity contribution in [3.63, 3.8) is 0 Å². The van der Waals surface area contributed by atoms with Gasteiger partial charge in [0.2, 0.25) is 5.75 Å². The van der Waals surface area contributed by atoms with E-state index in [1.165, 1.54) is 21.3 Å². The van der Waals surface area contributed by atoms with Gasteiger partial charge in [0.15, 0.2) is 11.5 Å². The minimum absolute atomic E-state index is 0.0894. The molecule has 6 heteroatoms. The lowest BCUT2D eigenvalue weighted by atomic mass is 10.1. The zero-order valence-electron chi connectivity index (χ0n) is 15.2. The van der Waals surface area contributed by atoms with Crippen LogP contribution in [0.5, 0.6) is 17.2 Å². The van der Waals surface area contributed by atoms with Crippen LogP contribution in [0.15, 0.2) is 42.5 Å². The number of rotatable bonds is 5. The number of hydrogen-bond donors (Lipinski definition) is 0. The molecule has 0 spiro atoms. The highest BCUT2D eigenvalue weighted by Gasteiger charge is 2.27. The summed E-state index contributed by atoms with van der Waals surface area (Å²) in [4.78, 5) is 14.8. The predicted octanol–water partition coefficient (Wildman–Crippen LogP) is 2.93. The van der Waals surface area contributed by atoms with Crippen molar-refractivity contribution in [2.24, 2.45) is 0 Å². The van der Waals surface area contributed by atoms with Crippen LogP contribution in [0.3, 0.4) is 0 Å². The first-order valence-electron chi connectivity index (χ1n) is 8.43. The van der Waals surface area contributed by atoms with Crippen LogP contribution in [0, 0.1) is 0 Å². The van der Waals surface area contributed by atoms with E-state index < -0.39 is 0 Å². The molecular weight excluding hydrogens is 334 g/mol. The molecule has 138 valence electrons. The largest absolute Gasteiger partial charge is 0.493 e. The van der Waals surface area contributed by atoms with Crippen LogP contribution in [-0.2, 0) is 4.74 Å². The number of carbonyl (C=O) groups is 1. The minimum Gasteiger partial charge on any atom is -0.493 e. The maximum absolute atomic E-state index is 13.0. The van der Waals surface area contributed by atoms with Crippen LogP contribution >= 0.6 is 0 Å². The minimum atomic E-state index is -0.129. The van der Waals surface area contributed by atoms with Gasteiger partial charge in [-0.3, -0.25) is 4.79 Å². The van der Waals surface area contributed by atoms with Crippen molar-refractivity contribution in [2.75, 3.05) is 41.0 Å². The molecule has 0 radical (unpaired) electrons. The van der Waals surface area contributed by atoms with Crippen molar-refractivity contribution in [3.8, 4) is 17.2 Å². The molecule has 1 amide bonds. The normalized spacial score (nSPS) is 16.9. The van der Waals surface area contributed by atoms with Crippen molar-refractivity contribution in [1.29, 1.82) is 0 Å². The lowest BCUT2D eigenvalue weighted by Gasteiger charge is -2.33. The molecule has 0 saturated carbocycles. The van der Waals surface area contributed by atoms with Crippen molar-refractivity contribution in [2.45, 2.75) is 6.10 Å². The first-order chi connectivity index (χ1) is 12.7. The first-order valence-corrected chi connectivity index (χ1v) is 8.43. The third kappa shape index (κ3) is 3.60. The number of hydrogen-bond acceptors (Lipinski definition) is 5. The van der Waals surface area contributed by atoms with Gasteiger partial charge in [-0.1, -0.05) is 30.3 Å². The Kier molecular flexibility index (Phi) is 5.63. The number of ether oxygens (including phenoxy) is 4. The summed E-state index contributed by atoms with van der Waals surface area (Å²) in [6.07, 6.45) is -0.129. The molecule has 6 nitrogen and oxygen atoms in total. The van der Waals surface area contributed by atoms with E-state index in [0.29, 0.717) is 42.5 Å². The maximum Gasteiger partial charge on any atom is 0.254 e. The lowest BCUT2D eigenvalue weighted by Crippen LogP contribution is -2.42. The Labute approximate surface area is 153 Å². The Morgan fingerprint density at radius 1 is 1.04 bits per heavy atom. The summed E-state index contributed by atoms with van der Waals surface area (Å²) >= 11 is 0. The monoisotopic (exact) mass is 357 g/mol. The summed E-state index contributed by atoms with van der Waals surface area (Å²) in [7, 11) is 4.60. The number of nitrogens with zero attached hydrogens (tertiary/aromatic N) is 1. The van der Waals surface area contributed by atoms with Gasteiger partial charge in [0.25, 0.3) is 5.91 Å². The van der Waals surface area contributed by atoms with Gasteiger partial charge in [0, 0.05) is 12.1 Å². The second-order valence-electron chi connectivity index (χ2n) is 5.94. The summed E-state index contributed by atoms with van der Waals surface area (Å²) in [5, 5.41) is 0. The molecule has 1 atom stereocenters. The zero-order valence-corrected chi connectivity index (χ0v) is 15.2. The first kappa shape index (κ1) is 18.1. The molecule has 26 heavy (non-hydrogen) atoms. The van der Waals surface area contributed by atoms with Gasteiger partial charge in [0.05, 0.1) is 34.5 Å². The fourth-order valence-corrected chi connectivity index (χ4v) is 3.09. The van der Waals surface area contributed by atoms with Gasteiger partial charge in [-0.25, -0.2) is 0 Å². The quantitative estimate of drug-likeness (QED) is 0.823. The van der Waals surface area contributed by atoms with E-state index in [4.69, 9.17) is 18.9 Å². The fraction of sp³-hybridized carbons (Fsp3) is 0.350. The number of methoxy groups -OCH3 is 3. The maximum atomic E-state index is 13.0. The zero-order chi connectivity index (χ0) is 18.5. The Morgan fingerprint density at radius 2 is 1.69 bits per heavy atom. The standard InChI is InChI=1S/C20H23NO5/c1-23-16-11-15(12-17(24-2)19(16)25-3)20(22)21-9-10-26-18(13-21)14-7-5-4-6-8-14/h4-8,11-12,18H,9-10,13H2,1-3H3/t18-/m0/s1. The SMILES string of the molecule is COc1cc(C(=O)N2CCO[C@H](c3ccccc3)C2)cc(OC)c1OC. The van der Waals surface area contributed by atoms with Gasteiger partial charge < -0.3 is 23.8 Å². The third-order valence-corrected chi connectivity index (χ3v) is 4.44. The van der Waals surface area contributed by atoms with Crippen molar-refractivity contribution in [1.82, 2.24) is 4.90 Å². The molecule has 0 bridgehead atoms. The predicted molar refractivity (Wildman–Crippen MR) is 97.1 cm³/mol.